The number of nitrogens with two attached hydrogens (primary N) is 2. The fourth-order valence-electron chi connectivity index (χ4n) is 2.14. The highest BCUT2D eigenvalue weighted by Crippen LogP contribution is 2.28. The normalized spacial score (nSPS) is 10.7. The van der Waals surface area contributed by atoms with Gasteiger partial charge in [-0.25, -0.2) is 0 Å². The average molecular weight is 299 g/mol. The maximum atomic E-state index is 11.7. The number of hydrogen-bond acceptors (Lipinski definition) is 7. The van der Waals surface area contributed by atoms with Gasteiger partial charge in [0.1, 0.15) is 17.7 Å². The van der Waals surface area contributed by atoms with Crippen molar-refractivity contribution in [2.75, 3.05) is 5.73 Å². The fraction of sp³-hybridized carbons (Fsp3) is 0. The molecule has 2 aromatic heterocycles. The first kappa shape index (κ1) is 13.4. The van der Waals surface area contributed by atoms with Gasteiger partial charge in [-0.15, -0.1) is 10.2 Å². The maximum absolute atomic E-state index is 11.7. The van der Waals surface area contributed by atoms with Crippen molar-refractivity contribution in [1.82, 2.24) is 19.6 Å². The van der Waals surface area contributed by atoms with Gasteiger partial charge >= 0.3 is 0 Å². The molecule has 10 heteroatoms. The van der Waals surface area contributed by atoms with Crippen LogP contribution in [0.15, 0.2) is 30.6 Å². The van der Waals surface area contributed by atoms with E-state index in [1.165, 1.54) is 35.0 Å². The first-order chi connectivity index (χ1) is 10.5. The second kappa shape index (κ2) is 4.77. The summed E-state index contributed by atoms with van der Waals surface area (Å²) >= 11 is 0. The quantitative estimate of drug-likeness (QED) is 0.523. The van der Waals surface area contributed by atoms with Crippen LogP contribution in [0.25, 0.3) is 17.0 Å². The Bertz CT molecular complexity index is 901. The Hall–Kier alpha value is -3.56. The number of non-ortho nitro benzene ring substituents is 1. The molecule has 0 saturated carbocycles. The lowest BCUT2D eigenvalue weighted by atomic mass is 10.1. The van der Waals surface area contributed by atoms with Crippen LogP contribution in [0.5, 0.6) is 0 Å². The molecule has 1 aromatic carbocycles. The van der Waals surface area contributed by atoms with Gasteiger partial charge in [0, 0.05) is 17.7 Å². The molecule has 110 valence electrons. The van der Waals surface area contributed by atoms with Crippen LogP contribution in [0, 0.1) is 10.1 Å². The Labute approximate surface area is 122 Å². The molecule has 0 atom stereocenters. The first-order valence-electron chi connectivity index (χ1n) is 6.03. The Kier molecular flexibility index (Phi) is 2.91. The molecule has 0 spiro atoms. The van der Waals surface area contributed by atoms with Crippen LogP contribution in [0.1, 0.15) is 10.4 Å². The van der Waals surface area contributed by atoms with Crippen molar-refractivity contribution in [2.24, 2.45) is 5.73 Å². The van der Waals surface area contributed by atoms with E-state index in [2.05, 4.69) is 15.2 Å². The Morgan fingerprint density at radius 1 is 1.27 bits per heavy atom. The molecule has 0 unspecified atom stereocenters. The van der Waals surface area contributed by atoms with Gasteiger partial charge in [-0.3, -0.25) is 19.3 Å². The summed E-state index contributed by atoms with van der Waals surface area (Å²) in [6.07, 6.45) is 1.35. The summed E-state index contributed by atoms with van der Waals surface area (Å²) in [6, 6.07) is 5.59. The van der Waals surface area contributed by atoms with E-state index < -0.39 is 10.8 Å². The molecule has 2 heterocycles. The molecule has 4 N–H and O–H groups in total. The lowest BCUT2D eigenvalue weighted by Crippen LogP contribution is -2.18. The highest BCUT2D eigenvalue weighted by atomic mass is 16.6. The van der Waals surface area contributed by atoms with Crippen molar-refractivity contribution in [1.29, 1.82) is 0 Å². The van der Waals surface area contributed by atoms with Crippen molar-refractivity contribution in [3.8, 4) is 11.3 Å². The first-order valence-corrected chi connectivity index (χ1v) is 6.03. The molecule has 10 nitrogen and oxygen atoms in total. The smallest absolute Gasteiger partial charge is 0.269 e. The lowest BCUT2D eigenvalue weighted by Gasteiger charge is -2.11. The number of nitrogen functional groups attached to an aromatic ring is 1. The van der Waals surface area contributed by atoms with Crippen molar-refractivity contribution in [3.63, 3.8) is 0 Å². The molecule has 3 aromatic rings. The van der Waals surface area contributed by atoms with Crippen LogP contribution in [-0.2, 0) is 0 Å². The minimum Gasteiger partial charge on any atom is -0.383 e. The summed E-state index contributed by atoms with van der Waals surface area (Å²) in [4.78, 5) is 25.8. The number of aromatic nitrogens is 4. The zero-order chi connectivity index (χ0) is 15.9. The number of benzene rings is 1. The van der Waals surface area contributed by atoms with Gasteiger partial charge in [0.15, 0.2) is 0 Å². The zero-order valence-electron chi connectivity index (χ0n) is 11.0. The monoisotopic (exact) mass is 299 g/mol. The number of amides is 1. The standard InChI is InChI=1S/C12H9N7O3/c13-10-8(11(14)20)9(18-5-15-17-12(18)16-10)6-1-3-7(4-2-6)19(21)22/h1-5H,(H2,14,20)(H2,13,16,17). The summed E-state index contributed by atoms with van der Waals surface area (Å²) in [5, 5.41) is 18.2. The van der Waals surface area contributed by atoms with E-state index in [-0.39, 0.29) is 22.8 Å². The van der Waals surface area contributed by atoms with Crippen LogP contribution in [-0.4, -0.2) is 30.4 Å². The molecule has 22 heavy (non-hydrogen) atoms. The number of nitrogens with zero attached hydrogens (tertiary/aromatic N) is 5. The second-order valence-electron chi connectivity index (χ2n) is 4.39. The van der Waals surface area contributed by atoms with Crippen molar-refractivity contribution < 1.29 is 9.72 Å². The van der Waals surface area contributed by atoms with E-state index in [0.717, 1.165) is 0 Å². The van der Waals surface area contributed by atoms with Gasteiger partial charge in [0.2, 0.25) is 0 Å². The predicted molar refractivity (Wildman–Crippen MR) is 75.8 cm³/mol. The Morgan fingerprint density at radius 2 is 1.95 bits per heavy atom. The Balaban J connectivity index is 2.32. The second-order valence-corrected chi connectivity index (χ2v) is 4.39. The van der Waals surface area contributed by atoms with Gasteiger partial charge in [0.05, 0.1) is 10.6 Å². The van der Waals surface area contributed by atoms with Gasteiger partial charge in [-0.05, 0) is 12.1 Å². The highest BCUT2D eigenvalue weighted by molar-refractivity contribution is 6.03. The van der Waals surface area contributed by atoms with Gasteiger partial charge in [0.25, 0.3) is 17.4 Å². The molecule has 1 amide bonds. The summed E-state index contributed by atoms with van der Waals surface area (Å²) in [6.45, 7) is 0. The predicted octanol–water partition coefficient (Wildman–Crippen LogP) is 0.381. The van der Waals surface area contributed by atoms with E-state index in [9.17, 15) is 14.9 Å². The van der Waals surface area contributed by atoms with E-state index in [1.807, 2.05) is 0 Å². The van der Waals surface area contributed by atoms with Crippen molar-refractivity contribution >= 4 is 23.2 Å². The largest absolute Gasteiger partial charge is 0.383 e. The third-order valence-corrected chi connectivity index (χ3v) is 3.08. The SMILES string of the molecule is NC(=O)c1c(N)nc2nncn2c1-c1ccc([N+](=O)[O-])cc1. The van der Waals surface area contributed by atoms with Gasteiger partial charge in [-0.2, -0.15) is 4.98 Å². The summed E-state index contributed by atoms with van der Waals surface area (Å²) < 4.78 is 1.44. The fourth-order valence-corrected chi connectivity index (χ4v) is 2.14. The van der Waals surface area contributed by atoms with Crippen molar-refractivity contribution in [2.45, 2.75) is 0 Å². The summed E-state index contributed by atoms with van der Waals surface area (Å²) in [5.41, 5.74) is 11.9. The molecular formula is C12H9N7O3. The van der Waals surface area contributed by atoms with E-state index in [4.69, 9.17) is 11.5 Å². The number of carbonyl (C=O) groups excluding carboxylic acids is 1. The molecule has 0 radical (unpaired) electrons. The van der Waals surface area contributed by atoms with Crippen LogP contribution in [0.4, 0.5) is 11.5 Å². The number of nitro benzene ring substituents is 1. The molecular weight excluding hydrogens is 290 g/mol. The maximum Gasteiger partial charge on any atom is 0.269 e. The highest BCUT2D eigenvalue weighted by Gasteiger charge is 2.20. The molecule has 0 aliphatic heterocycles. The third kappa shape index (κ3) is 1.98. The molecule has 0 aliphatic carbocycles. The van der Waals surface area contributed by atoms with Gasteiger partial charge in [-0.1, -0.05) is 0 Å². The molecule has 0 aliphatic rings. The molecule has 3 rings (SSSR count). The number of fused-ring (bicyclic) bond motifs is 1. The molecule has 0 fully saturated rings. The number of nitro groups is 1. The van der Waals surface area contributed by atoms with Gasteiger partial charge < -0.3 is 11.5 Å². The van der Waals surface area contributed by atoms with Crippen molar-refractivity contribution in [3.05, 3.63) is 46.3 Å². The van der Waals surface area contributed by atoms with E-state index >= 15 is 0 Å². The Morgan fingerprint density at radius 3 is 2.55 bits per heavy atom. The van der Waals surface area contributed by atoms with Crippen LogP contribution in [0.3, 0.4) is 0 Å². The number of carbonyl (C=O) groups is 1. The van der Waals surface area contributed by atoms with E-state index in [1.54, 1.807) is 0 Å². The molecule has 0 saturated heterocycles. The summed E-state index contributed by atoms with van der Waals surface area (Å²) in [5.74, 6) is -0.661. The van der Waals surface area contributed by atoms with Crippen LogP contribution >= 0.6 is 0 Å². The minimum absolute atomic E-state index is 0.00107. The third-order valence-electron chi connectivity index (χ3n) is 3.08. The van der Waals surface area contributed by atoms with Crippen LogP contribution < -0.4 is 11.5 Å². The number of primary amides is 1. The molecule has 0 bridgehead atoms. The average Bonchev–Trinajstić information content (AvgIpc) is 2.93. The summed E-state index contributed by atoms with van der Waals surface area (Å²) in [7, 11) is 0. The number of anilines is 1. The topological polar surface area (TPSA) is 155 Å². The zero-order valence-corrected chi connectivity index (χ0v) is 11.0. The van der Waals surface area contributed by atoms with E-state index in [0.29, 0.717) is 11.3 Å². The number of rotatable bonds is 3. The minimum atomic E-state index is -0.769. The van der Waals surface area contributed by atoms with Crippen LogP contribution in [0.2, 0.25) is 0 Å². The lowest BCUT2D eigenvalue weighted by molar-refractivity contribution is -0.384. The number of hydrogen-bond donors (Lipinski definition) is 2.